The zero-order chi connectivity index (χ0) is 13.0. The van der Waals surface area contributed by atoms with Gasteiger partial charge in [0.25, 0.3) is 0 Å². The topological polar surface area (TPSA) is 3.24 Å². The van der Waals surface area contributed by atoms with Gasteiger partial charge in [0.2, 0.25) is 0 Å². The molecule has 1 nitrogen and oxygen atoms in total. The zero-order valence-corrected chi connectivity index (χ0v) is 12.1. The van der Waals surface area contributed by atoms with Crippen LogP contribution in [0.5, 0.6) is 0 Å². The Morgan fingerprint density at radius 1 is 0.789 bits per heavy atom. The molecule has 0 unspecified atom stereocenters. The fourth-order valence-corrected chi connectivity index (χ4v) is 4.17. The van der Waals surface area contributed by atoms with E-state index in [1.165, 1.54) is 76.4 Å². The summed E-state index contributed by atoms with van der Waals surface area (Å²) in [5.41, 5.74) is 2.04. The van der Waals surface area contributed by atoms with Crippen molar-refractivity contribution in [3.63, 3.8) is 0 Å². The van der Waals surface area contributed by atoms with E-state index in [9.17, 15) is 0 Å². The summed E-state index contributed by atoms with van der Waals surface area (Å²) in [5, 5.41) is 0. The van der Waals surface area contributed by atoms with Gasteiger partial charge in [-0.3, -0.25) is 4.90 Å². The smallest absolute Gasteiger partial charge is 0.0239 e. The molecule has 0 radical (unpaired) electrons. The molecule has 1 heterocycles. The predicted octanol–water partition coefficient (Wildman–Crippen LogP) is 4.77. The van der Waals surface area contributed by atoms with Crippen molar-refractivity contribution in [1.82, 2.24) is 4.90 Å². The summed E-state index contributed by atoms with van der Waals surface area (Å²) in [5.74, 6) is 0. The van der Waals surface area contributed by atoms with E-state index >= 15 is 0 Å². The number of hydrogen-bond donors (Lipinski definition) is 0. The minimum atomic E-state index is 0.552. The van der Waals surface area contributed by atoms with Crippen molar-refractivity contribution in [3.05, 3.63) is 35.9 Å². The lowest BCUT2D eigenvalue weighted by Gasteiger charge is -2.40. The molecule has 19 heavy (non-hydrogen) atoms. The molecule has 0 N–H and O–H groups in total. The van der Waals surface area contributed by atoms with Crippen LogP contribution in [0.15, 0.2) is 30.3 Å². The van der Waals surface area contributed by atoms with Gasteiger partial charge in [0, 0.05) is 12.1 Å². The monoisotopic (exact) mass is 257 g/mol. The Morgan fingerprint density at radius 3 is 2.16 bits per heavy atom. The van der Waals surface area contributed by atoms with Crippen LogP contribution in [0.2, 0.25) is 0 Å². The standard InChI is InChI=1S/C18H27N/c1-2-7-12-18(13-8-3-1)14-9-15-19(18)16-17-10-5-4-6-11-17/h4-6,10-11H,1-3,7-9,12-16H2. The highest BCUT2D eigenvalue weighted by Gasteiger charge is 2.39. The quantitative estimate of drug-likeness (QED) is 0.738. The number of hydrogen-bond acceptors (Lipinski definition) is 1. The summed E-state index contributed by atoms with van der Waals surface area (Å²) in [6.07, 6.45) is 13.0. The Balaban J connectivity index is 1.72. The fourth-order valence-electron chi connectivity index (χ4n) is 4.17. The summed E-state index contributed by atoms with van der Waals surface area (Å²) in [4.78, 5) is 2.81. The number of nitrogens with zero attached hydrogens (tertiary/aromatic N) is 1. The Bertz CT molecular complexity index is 376. The second-order valence-corrected chi connectivity index (χ2v) is 6.50. The Kier molecular flexibility index (Phi) is 4.22. The average Bonchev–Trinajstić information content (AvgIpc) is 2.79. The van der Waals surface area contributed by atoms with Gasteiger partial charge in [-0.15, -0.1) is 0 Å². The SMILES string of the molecule is c1ccc(CN2CCCC23CCCCCCC3)cc1. The van der Waals surface area contributed by atoms with Crippen molar-refractivity contribution in [3.8, 4) is 0 Å². The summed E-state index contributed by atoms with van der Waals surface area (Å²) in [7, 11) is 0. The third-order valence-corrected chi connectivity index (χ3v) is 5.24. The maximum Gasteiger partial charge on any atom is 0.0239 e. The normalized spacial score (nSPS) is 24.2. The number of likely N-dealkylation sites (tertiary alicyclic amines) is 1. The molecule has 1 aliphatic carbocycles. The van der Waals surface area contributed by atoms with Gasteiger partial charge < -0.3 is 0 Å². The molecular formula is C18H27N. The van der Waals surface area contributed by atoms with Crippen LogP contribution >= 0.6 is 0 Å². The third-order valence-electron chi connectivity index (χ3n) is 5.24. The molecule has 1 saturated heterocycles. The van der Waals surface area contributed by atoms with Crippen molar-refractivity contribution in [2.75, 3.05) is 6.54 Å². The van der Waals surface area contributed by atoms with Gasteiger partial charge >= 0.3 is 0 Å². The van der Waals surface area contributed by atoms with E-state index in [0.717, 1.165) is 0 Å². The van der Waals surface area contributed by atoms with Gasteiger partial charge in [0.1, 0.15) is 0 Å². The van der Waals surface area contributed by atoms with Gasteiger partial charge in [0.15, 0.2) is 0 Å². The van der Waals surface area contributed by atoms with Gasteiger partial charge in [-0.05, 0) is 37.8 Å². The first-order chi connectivity index (χ1) is 9.39. The summed E-state index contributed by atoms with van der Waals surface area (Å²) in [6, 6.07) is 11.1. The number of rotatable bonds is 2. The first-order valence-corrected chi connectivity index (χ1v) is 8.18. The molecule has 2 fully saturated rings. The Labute approximate surface area is 118 Å². The van der Waals surface area contributed by atoms with Crippen LogP contribution in [0.1, 0.15) is 63.4 Å². The summed E-state index contributed by atoms with van der Waals surface area (Å²) in [6.45, 7) is 2.48. The first-order valence-electron chi connectivity index (χ1n) is 8.18. The van der Waals surface area contributed by atoms with Crippen molar-refractivity contribution in [2.24, 2.45) is 0 Å². The molecule has 0 bridgehead atoms. The van der Waals surface area contributed by atoms with Crippen LogP contribution in [-0.2, 0) is 6.54 Å². The Hall–Kier alpha value is -0.820. The van der Waals surface area contributed by atoms with Gasteiger partial charge in [-0.1, -0.05) is 62.4 Å². The van der Waals surface area contributed by atoms with Crippen LogP contribution in [0, 0.1) is 0 Å². The zero-order valence-electron chi connectivity index (χ0n) is 12.1. The van der Waals surface area contributed by atoms with E-state index in [2.05, 4.69) is 35.2 Å². The molecular weight excluding hydrogens is 230 g/mol. The highest BCUT2D eigenvalue weighted by Crippen LogP contribution is 2.40. The van der Waals surface area contributed by atoms with Crippen LogP contribution < -0.4 is 0 Å². The number of benzene rings is 1. The van der Waals surface area contributed by atoms with Gasteiger partial charge in [-0.2, -0.15) is 0 Å². The largest absolute Gasteiger partial charge is 0.293 e. The van der Waals surface area contributed by atoms with Crippen molar-refractivity contribution < 1.29 is 0 Å². The molecule has 1 saturated carbocycles. The van der Waals surface area contributed by atoms with Gasteiger partial charge in [-0.25, -0.2) is 0 Å². The van der Waals surface area contributed by atoms with Crippen molar-refractivity contribution in [2.45, 2.75) is 69.9 Å². The highest BCUT2D eigenvalue weighted by molar-refractivity contribution is 5.15. The first kappa shape index (κ1) is 13.2. The lowest BCUT2D eigenvalue weighted by Crippen LogP contribution is -2.43. The molecule has 1 heteroatoms. The van der Waals surface area contributed by atoms with Crippen LogP contribution in [0.25, 0.3) is 0 Å². The van der Waals surface area contributed by atoms with E-state index in [1.807, 2.05) is 0 Å². The van der Waals surface area contributed by atoms with Crippen molar-refractivity contribution in [1.29, 1.82) is 0 Å². The minimum Gasteiger partial charge on any atom is -0.293 e. The molecule has 0 amide bonds. The lowest BCUT2D eigenvalue weighted by atomic mass is 9.82. The van der Waals surface area contributed by atoms with E-state index < -0.39 is 0 Å². The summed E-state index contributed by atoms with van der Waals surface area (Å²) < 4.78 is 0. The molecule has 3 rings (SSSR count). The van der Waals surface area contributed by atoms with Crippen molar-refractivity contribution >= 4 is 0 Å². The fraction of sp³-hybridized carbons (Fsp3) is 0.667. The Morgan fingerprint density at radius 2 is 1.42 bits per heavy atom. The molecule has 1 aliphatic heterocycles. The van der Waals surface area contributed by atoms with E-state index in [-0.39, 0.29) is 0 Å². The highest BCUT2D eigenvalue weighted by atomic mass is 15.2. The summed E-state index contributed by atoms with van der Waals surface area (Å²) >= 11 is 0. The molecule has 1 spiro atoms. The van der Waals surface area contributed by atoms with Crippen LogP contribution in [-0.4, -0.2) is 17.0 Å². The second-order valence-electron chi connectivity index (χ2n) is 6.50. The van der Waals surface area contributed by atoms with E-state index in [4.69, 9.17) is 0 Å². The third kappa shape index (κ3) is 3.02. The maximum absolute atomic E-state index is 2.81. The second kappa shape index (κ2) is 6.09. The minimum absolute atomic E-state index is 0.552. The van der Waals surface area contributed by atoms with E-state index in [1.54, 1.807) is 0 Å². The molecule has 0 aromatic heterocycles. The van der Waals surface area contributed by atoms with Gasteiger partial charge in [0.05, 0.1) is 0 Å². The molecule has 1 aromatic rings. The molecule has 1 aromatic carbocycles. The van der Waals surface area contributed by atoms with E-state index in [0.29, 0.717) is 5.54 Å². The maximum atomic E-state index is 2.81. The average molecular weight is 257 g/mol. The molecule has 2 aliphatic rings. The molecule has 104 valence electrons. The van der Waals surface area contributed by atoms with Crippen LogP contribution in [0.4, 0.5) is 0 Å². The lowest BCUT2D eigenvalue weighted by molar-refractivity contribution is 0.0968. The predicted molar refractivity (Wildman–Crippen MR) is 81.1 cm³/mol. The van der Waals surface area contributed by atoms with Crippen LogP contribution in [0.3, 0.4) is 0 Å². The molecule has 0 atom stereocenters.